The molecular weight excluding hydrogens is 284 g/mol. The van der Waals surface area contributed by atoms with Gasteiger partial charge in [0.05, 0.1) is 6.54 Å². The molecule has 1 aliphatic heterocycles. The third-order valence-corrected chi connectivity index (χ3v) is 4.38. The molecule has 1 aliphatic rings. The summed E-state index contributed by atoms with van der Waals surface area (Å²) in [6.07, 6.45) is 3.01. The molecule has 3 heterocycles. The Hall–Kier alpha value is -1.67. The van der Waals surface area contributed by atoms with Gasteiger partial charge in [0.15, 0.2) is 10.1 Å². The summed E-state index contributed by atoms with van der Waals surface area (Å²) in [7, 11) is 0. The van der Waals surface area contributed by atoms with E-state index < -0.39 is 5.91 Å². The number of thioether (sulfide) groups is 1. The molecule has 2 aromatic rings. The standard InChI is InChI=1S/C11H10N4O2S2/c1-6-5-15-9(17)7(4-13-11(15)19-6)8(16)14-10-12-2-3-18-10/h4-5H,2-3H2,1H3,(H,12,14,16). The first-order chi connectivity index (χ1) is 9.15. The third-order valence-electron chi connectivity index (χ3n) is 2.57. The van der Waals surface area contributed by atoms with E-state index in [2.05, 4.69) is 15.3 Å². The van der Waals surface area contributed by atoms with Crippen molar-refractivity contribution in [1.29, 1.82) is 0 Å². The van der Waals surface area contributed by atoms with Crippen LogP contribution < -0.4 is 10.9 Å². The second kappa shape index (κ2) is 4.78. The van der Waals surface area contributed by atoms with Gasteiger partial charge in [0.25, 0.3) is 11.5 Å². The number of fused-ring (bicyclic) bond motifs is 1. The highest BCUT2D eigenvalue weighted by atomic mass is 32.2. The third kappa shape index (κ3) is 2.28. The maximum absolute atomic E-state index is 12.2. The first-order valence-corrected chi connectivity index (χ1v) is 7.42. The van der Waals surface area contributed by atoms with Crippen molar-refractivity contribution in [3.05, 3.63) is 33.2 Å². The van der Waals surface area contributed by atoms with E-state index >= 15 is 0 Å². The van der Waals surface area contributed by atoms with E-state index in [4.69, 9.17) is 0 Å². The maximum atomic E-state index is 12.2. The number of carbonyl (C=O) groups excluding carboxylic acids is 1. The summed E-state index contributed by atoms with van der Waals surface area (Å²) in [5, 5.41) is 3.20. The minimum atomic E-state index is -0.455. The fourth-order valence-electron chi connectivity index (χ4n) is 1.73. The Morgan fingerprint density at radius 3 is 3.11 bits per heavy atom. The lowest BCUT2D eigenvalue weighted by atomic mass is 10.3. The molecule has 0 saturated carbocycles. The van der Waals surface area contributed by atoms with Crippen LogP contribution in [0.3, 0.4) is 0 Å². The van der Waals surface area contributed by atoms with E-state index in [0.29, 0.717) is 16.7 Å². The molecule has 3 rings (SSSR count). The number of hydrogen-bond donors (Lipinski definition) is 1. The Balaban J connectivity index is 1.98. The van der Waals surface area contributed by atoms with Crippen LogP contribution in [0.2, 0.25) is 0 Å². The molecule has 0 fully saturated rings. The average Bonchev–Trinajstić information content (AvgIpc) is 2.98. The van der Waals surface area contributed by atoms with Crippen molar-refractivity contribution in [1.82, 2.24) is 14.7 Å². The molecule has 6 nitrogen and oxygen atoms in total. The van der Waals surface area contributed by atoms with Crippen LogP contribution in [0.1, 0.15) is 15.2 Å². The number of amidine groups is 1. The Labute approximate surface area is 116 Å². The lowest BCUT2D eigenvalue weighted by molar-refractivity contribution is 0.0976. The minimum Gasteiger partial charge on any atom is -0.301 e. The zero-order valence-corrected chi connectivity index (χ0v) is 11.7. The smallest absolute Gasteiger partial charge is 0.271 e. The van der Waals surface area contributed by atoms with E-state index in [0.717, 1.165) is 10.6 Å². The molecule has 0 spiro atoms. The summed E-state index contributed by atoms with van der Waals surface area (Å²) in [4.78, 5) is 34.0. The quantitative estimate of drug-likeness (QED) is 0.848. The normalized spacial score (nSPS) is 14.7. The largest absolute Gasteiger partial charge is 0.301 e. The lowest BCUT2D eigenvalue weighted by Gasteiger charge is -2.03. The minimum absolute atomic E-state index is 0.0329. The molecule has 0 saturated heterocycles. The molecule has 0 aromatic carbocycles. The zero-order valence-electron chi connectivity index (χ0n) is 10.0. The van der Waals surface area contributed by atoms with Gasteiger partial charge in [-0.1, -0.05) is 11.8 Å². The van der Waals surface area contributed by atoms with E-state index in [1.165, 1.54) is 33.7 Å². The van der Waals surface area contributed by atoms with E-state index in [1.54, 1.807) is 6.20 Å². The molecule has 0 radical (unpaired) electrons. The molecule has 19 heavy (non-hydrogen) atoms. The number of aromatic nitrogens is 2. The SMILES string of the molecule is Cc1cn2c(=O)c(C(=O)NC3=NCCS3)cnc2s1. The van der Waals surface area contributed by atoms with Gasteiger partial charge >= 0.3 is 0 Å². The van der Waals surface area contributed by atoms with Gasteiger partial charge in [0.2, 0.25) is 0 Å². The van der Waals surface area contributed by atoms with Crippen molar-refractivity contribution in [3.63, 3.8) is 0 Å². The fraction of sp³-hybridized carbons (Fsp3) is 0.273. The highest BCUT2D eigenvalue weighted by Gasteiger charge is 2.17. The van der Waals surface area contributed by atoms with Crippen LogP contribution in [-0.4, -0.2) is 32.8 Å². The molecule has 98 valence electrons. The number of hydrogen-bond acceptors (Lipinski definition) is 6. The van der Waals surface area contributed by atoms with Crippen LogP contribution in [0.15, 0.2) is 22.2 Å². The predicted octanol–water partition coefficient (Wildman–Crippen LogP) is 0.897. The van der Waals surface area contributed by atoms with Crippen molar-refractivity contribution in [3.8, 4) is 0 Å². The van der Waals surface area contributed by atoms with E-state index in [-0.39, 0.29) is 11.1 Å². The monoisotopic (exact) mass is 294 g/mol. The average molecular weight is 294 g/mol. The first-order valence-electron chi connectivity index (χ1n) is 5.61. The van der Waals surface area contributed by atoms with Crippen molar-refractivity contribution in [2.75, 3.05) is 12.3 Å². The molecule has 0 atom stereocenters. The number of thiazole rings is 1. The molecular formula is C11H10N4O2S2. The number of carbonyl (C=O) groups is 1. The number of nitrogens with zero attached hydrogens (tertiary/aromatic N) is 3. The summed E-state index contributed by atoms with van der Waals surface area (Å²) in [6.45, 7) is 2.59. The molecule has 0 unspecified atom stereocenters. The number of nitrogens with one attached hydrogen (secondary N) is 1. The maximum Gasteiger partial charge on any atom is 0.271 e. The lowest BCUT2D eigenvalue weighted by Crippen LogP contribution is -2.33. The number of aliphatic imine (C=N–C) groups is 1. The van der Waals surface area contributed by atoms with E-state index in [1.807, 2.05) is 6.92 Å². The molecule has 1 amide bonds. The zero-order chi connectivity index (χ0) is 13.4. The summed E-state index contributed by atoms with van der Waals surface area (Å²) in [6, 6.07) is 0. The van der Waals surface area contributed by atoms with Crippen LogP contribution in [0.25, 0.3) is 4.96 Å². The molecule has 0 aliphatic carbocycles. The van der Waals surface area contributed by atoms with Gasteiger partial charge in [-0.2, -0.15) is 0 Å². The summed E-state index contributed by atoms with van der Waals surface area (Å²) < 4.78 is 1.40. The second-order valence-corrected chi connectivity index (χ2v) is 6.26. The van der Waals surface area contributed by atoms with Crippen molar-refractivity contribution >= 4 is 39.1 Å². The second-order valence-electron chi connectivity index (χ2n) is 3.96. The fourth-order valence-corrected chi connectivity index (χ4v) is 3.24. The van der Waals surface area contributed by atoms with Gasteiger partial charge in [-0.25, -0.2) is 4.98 Å². The molecule has 2 aromatic heterocycles. The number of amides is 1. The molecule has 1 N–H and O–H groups in total. The van der Waals surface area contributed by atoms with Crippen LogP contribution in [0.5, 0.6) is 0 Å². The van der Waals surface area contributed by atoms with Crippen LogP contribution >= 0.6 is 23.1 Å². The predicted molar refractivity (Wildman–Crippen MR) is 76.3 cm³/mol. The number of rotatable bonds is 1. The Morgan fingerprint density at radius 2 is 2.37 bits per heavy atom. The van der Waals surface area contributed by atoms with E-state index in [9.17, 15) is 9.59 Å². The summed E-state index contributed by atoms with van der Waals surface area (Å²) in [5.74, 6) is 0.402. The van der Waals surface area contributed by atoms with Crippen LogP contribution in [0, 0.1) is 6.92 Å². The molecule has 0 bridgehead atoms. The number of aryl methyl sites for hydroxylation is 1. The summed E-state index contributed by atoms with van der Waals surface area (Å²) in [5.41, 5.74) is -0.319. The first kappa shape index (κ1) is 12.4. The van der Waals surface area contributed by atoms with Crippen molar-refractivity contribution in [2.45, 2.75) is 6.92 Å². The van der Waals surface area contributed by atoms with Crippen molar-refractivity contribution in [2.24, 2.45) is 4.99 Å². The van der Waals surface area contributed by atoms with Gasteiger partial charge in [0, 0.05) is 23.0 Å². The van der Waals surface area contributed by atoms with Gasteiger partial charge in [-0.15, -0.1) is 11.3 Å². The Bertz CT molecular complexity index is 747. The van der Waals surface area contributed by atoms with Gasteiger partial charge in [-0.3, -0.25) is 19.0 Å². The van der Waals surface area contributed by atoms with Crippen molar-refractivity contribution < 1.29 is 4.79 Å². The van der Waals surface area contributed by atoms with Gasteiger partial charge < -0.3 is 5.32 Å². The topological polar surface area (TPSA) is 75.8 Å². The van der Waals surface area contributed by atoms with Crippen LogP contribution in [0.4, 0.5) is 0 Å². The van der Waals surface area contributed by atoms with Gasteiger partial charge in [0.1, 0.15) is 5.56 Å². The van der Waals surface area contributed by atoms with Gasteiger partial charge in [-0.05, 0) is 6.92 Å². The Morgan fingerprint density at radius 1 is 1.53 bits per heavy atom. The highest BCUT2D eigenvalue weighted by molar-refractivity contribution is 8.14. The Kier molecular flexibility index (Phi) is 3.11. The summed E-state index contributed by atoms with van der Waals surface area (Å²) >= 11 is 2.88. The molecule has 8 heteroatoms. The van der Waals surface area contributed by atoms with Crippen LogP contribution in [-0.2, 0) is 0 Å². The highest BCUT2D eigenvalue weighted by Crippen LogP contribution is 2.13.